The van der Waals surface area contributed by atoms with Crippen molar-refractivity contribution in [2.75, 3.05) is 11.0 Å². The van der Waals surface area contributed by atoms with Gasteiger partial charge >= 0.3 is 0 Å². The number of hydrogen-bond acceptors (Lipinski definition) is 3. The molecule has 0 atom stereocenters. The lowest BCUT2D eigenvalue weighted by Gasteiger charge is -1.83. The number of nitrogens with one attached hydrogen (secondary N) is 1. The van der Waals surface area contributed by atoms with Crippen molar-refractivity contribution in [3.05, 3.63) is 0 Å². The van der Waals surface area contributed by atoms with Crippen molar-refractivity contribution in [2.24, 2.45) is 0 Å². The highest BCUT2D eigenvalue weighted by molar-refractivity contribution is 8.14. The Kier molecular flexibility index (Phi) is 1.27. The van der Waals surface area contributed by atoms with Crippen LogP contribution in [0.3, 0.4) is 0 Å². The van der Waals surface area contributed by atoms with E-state index in [9.17, 15) is 8.42 Å². The highest BCUT2D eigenvalue weighted by Gasteiger charge is 2.15. The maximum Gasteiger partial charge on any atom is 0.221 e. The Morgan fingerprint density at radius 3 is 2.43 bits per heavy atom. The monoisotopic (exact) mass is 139 g/mol. The van der Waals surface area contributed by atoms with Crippen LogP contribution in [0.4, 0.5) is 0 Å². The van der Waals surface area contributed by atoms with Crippen molar-refractivity contribution >= 4 is 21.8 Å². The molecule has 42 valence electrons. The SMILES string of the molecule is O=S1(=O)CSCN1. The molecule has 0 bridgehead atoms. The molecule has 1 rings (SSSR count). The van der Waals surface area contributed by atoms with Crippen LogP contribution in [-0.4, -0.2) is 19.4 Å². The molecule has 0 aromatic carbocycles. The second kappa shape index (κ2) is 1.65. The first-order chi connectivity index (χ1) is 3.21. The van der Waals surface area contributed by atoms with Crippen molar-refractivity contribution in [2.45, 2.75) is 0 Å². The van der Waals surface area contributed by atoms with Gasteiger partial charge in [0.25, 0.3) is 0 Å². The van der Waals surface area contributed by atoms with Gasteiger partial charge < -0.3 is 0 Å². The summed E-state index contributed by atoms with van der Waals surface area (Å²) in [6.45, 7) is 0. The van der Waals surface area contributed by atoms with E-state index in [0.717, 1.165) is 0 Å². The number of sulfonamides is 1. The fourth-order valence-corrected chi connectivity index (χ4v) is 2.92. The average Bonchev–Trinajstić information content (AvgIpc) is 1.84. The molecule has 1 saturated heterocycles. The zero-order chi connectivity index (χ0) is 5.33. The van der Waals surface area contributed by atoms with E-state index >= 15 is 0 Å². The minimum Gasteiger partial charge on any atom is -0.212 e. The molecule has 1 aliphatic rings. The molecule has 0 spiro atoms. The van der Waals surface area contributed by atoms with Gasteiger partial charge in [-0.25, -0.2) is 13.1 Å². The molecular formula is C2H5NO2S2. The minimum absolute atomic E-state index is 0.229. The molecule has 0 unspecified atom stereocenters. The van der Waals surface area contributed by atoms with E-state index in [-0.39, 0.29) is 5.08 Å². The summed E-state index contributed by atoms with van der Waals surface area (Å²) < 4.78 is 22.9. The summed E-state index contributed by atoms with van der Waals surface area (Å²) in [4.78, 5) is 0. The van der Waals surface area contributed by atoms with Gasteiger partial charge in [-0.05, 0) is 0 Å². The fraction of sp³-hybridized carbons (Fsp3) is 1.00. The van der Waals surface area contributed by atoms with Gasteiger partial charge in [-0.1, -0.05) is 0 Å². The Morgan fingerprint density at radius 1 is 1.57 bits per heavy atom. The highest BCUT2D eigenvalue weighted by atomic mass is 32.3. The molecule has 0 aromatic heterocycles. The van der Waals surface area contributed by atoms with Gasteiger partial charge in [-0.3, -0.25) is 0 Å². The summed E-state index contributed by atoms with van der Waals surface area (Å²) in [6, 6.07) is 0. The topological polar surface area (TPSA) is 46.2 Å². The molecular weight excluding hydrogens is 134 g/mol. The van der Waals surface area contributed by atoms with E-state index in [2.05, 4.69) is 4.72 Å². The summed E-state index contributed by atoms with van der Waals surface area (Å²) in [5.74, 6) is 0.544. The second-order valence-electron chi connectivity index (χ2n) is 1.23. The third-order valence-corrected chi connectivity index (χ3v) is 3.64. The fourth-order valence-electron chi connectivity index (χ4n) is 0.324. The minimum atomic E-state index is -2.83. The van der Waals surface area contributed by atoms with E-state index in [1.807, 2.05) is 0 Å². The van der Waals surface area contributed by atoms with Gasteiger partial charge in [-0.2, -0.15) is 0 Å². The van der Waals surface area contributed by atoms with Gasteiger partial charge in [0.05, 0.1) is 5.88 Å². The first-order valence-corrected chi connectivity index (χ1v) is 4.56. The third kappa shape index (κ3) is 1.32. The molecule has 1 heterocycles. The van der Waals surface area contributed by atoms with Crippen LogP contribution in [0.25, 0.3) is 0 Å². The molecule has 3 nitrogen and oxygen atoms in total. The summed E-state index contributed by atoms with van der Waals surface area (Å²) in [5.41, 5.74) is 0. The second-order valence-corrected chi connectivity index (χ2v) is 4.38. The van der Waals surface area contributed by atoms with Crippen LogP contribution in [0.2, 0.25) is 0 Å². The summed E-state index contributed by atoms with van der Waals surface area (Å²) in [5, 5.41) is 0.229. The van der Waals surface area contributed by atoms with Crippen LogP contribution in [0.1, 0.15) is 0 Å². The zero-order valence-corrected chi connectivity index (χ0v) is 5.18. The van der Waals surface area contributed by atoms with Crippen LogP contribution in [0.5, 0.6) is 0 Å². The molecule has 0 saturated carbocycles. The van der Waals surface area contributed by atoms with E-state index in [0.29, 0.717) is 5.88 Å². The Hall–Kier alpha value is 0.260. The molecule has 1 aliphatic heterocycles. The Morgan fingerprint density at radius 2 is 2.29 bits per heavy atom. The number of thioether (sulfide) groups is 1. The van der Waals surface area contributed by atoms with Crippen molar-refractivity contribution in [1.29, 1.82) is 0 Å². The van der Waals surface area contributed by atoms with E-state index in [1.54, 1.807) is 0 Å². The first-order valence-electron chi connectivity index (χ1n) is 1.76. The number of hydrogen-bond donors (Lipinski definition) is 1. The zero-order valence-electron chi connectivity index (χ0n) is 3.55. The van der Waals surface area contributed by atoms with Crippen molar-refractivity contribution in [1.82, 2.24) is 4.72 Å². The van der Waals surface area contributed by atoms with Gasteiger partial charge in [0, 0.05) is 0 Å². The lowest BCUT2D eigenvalue weighted by molar-refractivity contribution is 0.594. The van der Waals surface area contributed by atoms with E-state index in [1.165, 1.54) is 11.8 Å². The first kappa shape index (κ1) is 5.40. The Bertz CT molecular complexity index is 137. The standard InChI is InChI=1S/C2H5NO2S2/c4-7(5)2-6-1-3-7/h3H,1-2H2. The van der Waals surface area contributed by atoms with Crippen LogP contribution >= 0.6 is 11.8 Å². The quantitative estimate of drug-likeness (QED) is 0.495. The van der Waals surface area contributed by atoms with Gasteiger partial charge in [0.15, 0.2) is 0 Å². The Balaban J connectivity index is 2.76. The average molecular weight is 139 g/mol. The van der Waals surface area contributed by atoms with Crippen LogP contribution in [0, 0.1) is 0 Å². The van der Waals surface area contributed by atoms with Crippen molar-refractivity contribution in [3.63, 3.8) is 0 Å². The highest BCUT2D eigenvalue weighted by Crippen LogP contribution is 2.09. The van der Waals surface area contributed by atoms with Crippen molar-refractivity contribution in [3.8, 4) is 0 Å². The van der Waals surface area contributed by atoms with Crippen molar-refractivity contribution < 1.29 is 8.42 Å². The molecule has 0 amide bonds. The summed E-state index contributed by atoms with van der Waals surface area (Å²) in [6.07, 6.45) is 0. The lowest BCUT2D eigenvalue weighted by Crippen LogP contribution is -2.15. The molecule has 1 N–H and O–H groups in total. The normalized spacial score (nSPS) is 28.0. The Labute approximate surface area is 46.5 Å². The molecule has 0 aromatic rings. The van der Waals surface area contributed by atoms with Crippen LogP contribution in [-0.2, 0) is 10.0 Å². The van der Waals surface area contributed by atoms with Crippen LogP contribution in [0.15, 0.2) is 0 Å². The van der Waals surface area contributed by atoms with E-state index in [4.69, 9.17) is 0 Å². The molecule has 0 radical (unpaired) electrons. The molecule has 7 heavy (non-hydrogen) atoms. The molecule has 5 heteroatoms. The predicted octanol–water partition coefficient (Wildman–Crippen LogP) is -0.432. The summed E-state index contributed by atoms with van der Waals surface area (Å²) in [7, 11) is -2.83. The molecule has 0 aliphatic carbocycles. The largest absolute Gasteiger partial charge is 0.221 e. The predicted molar refractivity (Wildman–Crippen MR) is 29.4 cm³/mol. The van der Waals surface area contributed by atoms with Crippen LogP contribution < -0.4 is 4.72 Å². The summed E-state index contributed by atoms with van der Waals surface area (Å²) >= 11 is 1.38. The lowest BCUT2D eigenvalue weighted by atomic mass is 11.5. The van der Waals surface area contributed by atoms with Gasteiger partial charge in [0.1, 0.15) is 5.08 Å². The maximum atomic E-state index is 10.3. The van der Waals surface area contributed by atoms with Gasteiger partial charge in [-0.15, -0.1) is 11.8 Å². The van der Waals surface area contributed by atoms with E-state index < -0.39 is 10.0 Å². The molecule has 1 fully saturated rings. The third-order valence-electron chi connectivity index (χ3n) is 0.619. The number of rotatable bonds is 0. The maximum absolute atomic E-state index is 10.3. The smallest absolute Gasteiger partial charge is 0.212 e. The van der Waals surface area contributed by atoms with Gasteiger partial charge in [0.2, 0.25) is 10.0 Å².